The van der Waals surface area contributed by atoms with Gasteiger partial charge in [-0.25, -0.2) is 4.98 Å². The first-order valence-electron chi connectivity index (χ1n) is 6.19. The molecule has 1 amide bonds. The van der Waals surface area contributed by atoms with Crippen LogP contribution in [-0.4, -0.2) is 16.0 Å². The third-order valence-corrected chi connectivity index (χ3v) is 4.10. The van der Waals surface area contributed by atoms with Gasteiger partial charge in [-0.1, -0.05) is 6.42 Å². The molecule has 2 N–H and O–H groups in total. The van der Waals surface area contributed by atoms with Crippen molar-refractivity contribution in [2.75, 3.05) is 5.32 Å². The molecule has 3 atom stereocenters. The number of hydrogen-bond acceptors (Lipinski definition) is 3. The number of nitrogens with zero attached hydrogens (tertiary/aromatic N) is 1. The summed E-state index contributed by atoms with van der Waals surface area (Å²) in [6, 6.07) is 3.17. The normalized spacial score (nSPS) is 30.5. The van der Waals surface area contributed by atoms with Crippen molar-refractivity contribution in [3.63, 3.8) is 0 Å². The molecular weight excluding hydrogens is 216 g/mol. The summed E-state index contributed by atoms with van der Waals surface area (Å²) in [6.07, 6.45) is 6.23. The molecule has 0 aliphatic heterocycles. The van der Waals surface area contributed by atoms with Crippen LogP contribution < -0.4 is 5.32 Å². The first-order chi connectivity index (χ1) is 8.24. The highest BCUT2D eigenvalue weighted by atomic mass is 16.3. The zero-order valence-electron chi connectivity index (χ0n) is 9.60. The van der Waals surface area contributed by atoms with Crippen LogP contribution in [0.5, 0.6) is 5.75 Å². The van der Waals surface area contributed by atoms with E-state index in [1.54, 1.807) is 12.3 Å². The average Bonchev–Trinajstić information content (AvgIpc) is 2.94. The van der Waals surface area contributed by atoms with Crippen LogP contribution in [0.2, 0.25) is 0 Å². The van der Waals surface area contributed by atoms with Gasteiger partial charge in [0.2, 0.25) is 5.91 Å². The Hall–Kier alpha value is -1.58. The van der Waals surface area contributed by atoms with Crippen molar-refractivity contribution in [2.45, 2.75) is 25.7 Å². The number of aromatic hydroxyl groups is 1. The van der Waals surface area contributed by atoms with Crippen LogP contribution in [0.25, 0.3) is 0 Å². The first-order valence-corrected chi connectivity index (χ1v) is 6.19. The maximum absolute atomic E-state index is 12.1. The Morgan fingerprint density at radius 1 is 1.41 bits per heavy atom. The van der Waals surface area contributed by atoms with Crippen LogP contribution >= 0.6 is 0 Å². The third kappa shape index (κ3) is 1.88. The summed E-state index contributed by atoms with van der Waals surface area (Å²) in [5.41, 5.74) is 0. The second kappa shape index (κ2) is 4.02. The molecule has 0 aromatic carbocycles. The number of fused-ring (bicyclic) bond motifs is 2. The van der Waals surface area contributed by atoms with E-state index in [9.17, 15) is 9.90 Å². The maximum Gasteiger partial charge on any atom is 0.229 e. The number of carbonyl (C=O) groups is 1. The van der Waals surface area contributed by atoms with Gasteiger partial charge in [0.15, 0.2) is 11.6 Å². The van der Waals surface area contributed by atoms with Crippen molar-refractivity contribution in [1.29, 1.82) is 0 Å². The number of hydrogen-bond donors (Lipinski definition) is 2. The van der Waals surface area contributed by atoms with Gasteiger partial charge in [-0.05, 0) is 43.2 Å². The van der Waals surface area contributed by atoms with E-state index in [1.165, 1.54) is 25.3 Å². The number of rotatable bonds is 2. The minimum Gasteiger partial charge on any atom is -0.504 e. The number of anilines is 1. The summed E-state index contributed by atoms with van der Waals surface area (Å²) in [5, 5.41) is 12.3. The second-order valence-electron chi connectivity index (χ2n) is 5.14. The Bertz CT molecular complexity index is 447. The fourth-order valence-electron chi connectivity index (χ4n) is 3.27. The molecule has 2 aliphatic rings. The van der Waals surface area contributed by atoms with E-state index in [2.05, 4.69) is 10.3 Å². The summed E-state index contributed by atoms with van der Waals surface area (Å²) in [4.78, 5) is 16.1. The summed E-state index contributed by atoms with van der Waals surface area (Å²) >= 11 is 0. The Labute approximate surface area is 100 Å². The Morgan fingerprint density at radius 2 is 2.29 bits per heavy atom. The maximum atomic E-state index is 12.1. The van der Waals surface area contributed by atoms with Crippen molar-refractivity contribution in [1.82, 2.24) is 4.98 Å². The number of carbonyl (C=O) groups excluding carboxylic acids is 1. The van der Waals surface area contributed by atoms with Gasteiger partial charge in [-0.3, -0.25) is 4.79 Å². The Morgan fingerprint density at radius 3 is 2.94 bits per heavy atom. The molecule has 90 valence electrons. The summed E-state index contributed by atoms with van der Waals surface area (Å²) in [6.45, 7) is 0. The molecule has 2 bridgehead atoms. The predicted octanol–water partition coefficient (Wildman–Crippen LogP) is 2.16. The SMILES string of the molecule is O=C(Nc1ncccc1O)[C@H]1C[C@H]2CC[C@H]1C2. The lowest BCUT2D eigenvalue weighted by molar-refractivity contribution is -0.121. The van der Waals surface area contributed by atoms with E-state index in [1.807, 2.05) is 0 Å². The molecule has 1 aromatic heterocycles. The van der Waals surface area contributed by atoms with Crippen molar-refractivity contribution in [2.24, 2.45) is 17.8 Å². The van der Waals surface area contributed by atoms with Crippen molar-refractivity contribution < 1.29 is 9.90 Å². The molecule has 0 radical (unpaired) electrons. The summed E-state index contributed by atoms with van der Waals surface area (Å²) < 4.78 is 0. The molecule has 2 aliphatic carbocycles. The van der Waals surface area contributed by atoms with Crippen LogP contribution in [0.1, 0.15) is 25.7 Å². The van der Waals surface area contributed by atoms with Crippen molar-refractivity contribution in [3.8, 4) is 5.75 Å². The minimum atomic E-state index is 0.0196. The molecule has 3 rings (SSSR count). The van der Waals surface area contributed by atoms with Gasteiger partial charge < -0.3 is 10.4 Å². The van der Waals surface area contributed by atoms with Gasteiger partial charge >= 0.3 is 0 Å². The predicted molar refractivity (Wildman–Crippen MR) is 63.5 cm³/mol. The fraction of sp³-hybridized carbons (Fsp3) is 0.538. The minimum absolute atomic E-state index is 0.0196. The summed E-state index contributed by atoms with van der Waals surface area (Å²) in [5.74, 6) is 1.74. The van der Waals surface area contributed by atoms with E-state index >= 15 is 0 Å². The van der Waals surface area contributed by atoms with Crippen molar-refractivity contribution >= 4 is 11.7 Å². The lowest BCUT2D eigenvalue weighted by atomic mass is 9.88. The van der Waals surface area contributed by atoms with Crippen LogP contribution in [-0.2, 0) is 4.79 Å². The zero-order valence-corrected chi connectivity index (χ0v) is 9.60. The largest absolute Gasteiger partial charge is 0.504 e. The number of aromatic nitrogens is 1. The smallest absolute Gasteiger partial charge is 0.229 e. The van der Waals surface area contributed by atoms with Crippen LogP contribution in [0, 0.1) is 17.8 Å². The molecule has 0 spiro atoms. The van der Waals surface area contributed by atoms with E-state index in [0.717, 1.165) is 12.3 Å². The highest BCUT2D eigenvalue weighted by Crippen LogP contribution is 2.48. The van der Waals surface area contributed by atoms with Gasteiger partial charge in [0.1, 0.15) is 0 Å². The molecule has 0 saturated heterocycles. The van der Waals surface area contributed by atoms with Gasteiger partial charge in [0.25, 0.3) is 0 Å². The number of nitrogens with one attached hydrogen (secondary N) is 1. The number of amides is 1. The molecule has 2 fully saturated rings. The highest BCUT2D eigenvalue weighted by molar-refractivity contribution is 5.93. The standard InChI is InChI=1S/C13H16N2O2/c16-11-2-1-5-14-12(11)15-13(17)10-7-8-3-4-9(10)6-8/h1-2,5,8-10,16H,3-4,6-7H2,(H,14,15,17)/t8-,9-,10-/m0/s1. The van der Waals surface area contributed by atoms with E-state index in [0.29, 0.717) is 5.92 Å². The molecule has 1 heterocycles. The van der Waals surface area contributed by atoms with E-state index in [4.69, 9.17) is 0 Å². The van der Waals surface area contributed by atoms with Gasteiger partial charge in [0, 0.05) is 12.1 Å². The molecule has 0 unspecified atom stereocenters. The quantitative estimate of drug-likeness (QED) is 0.821. The van der Waals surface area contributed by atoms with E-state index < -0.39 is 0 Å². The molecule has 2 saturated carbocycles. The first kappa shape index (κ1) is 10.6. The summed E-state index contributed by atoms with van der Waals surface area (Å²) in [7, 11) is 0. The van der Waals surface area contributed by atoms with Crippen molar-refractivity contribution in [3.05, 3.63) is 18.3 Å². The van der Waals surface area contributed by atoms with Crippen LogP contribution in [0.4, 0.5) is 5.82 Å². The molecule has 17 heavy (non-hydrogen) atoms. The van der Waals surface area contributed by atoms with Crippen LogP contribution in [0.15, 0.2) is 18.3 Å². The monoisotopic (exact) mass is 232 g/mol. The second-order valence-corrected chi connectivity index (χ2v) is 5.14. The van der Waals surface area contributed by atoms with Gasteiger partial charge in [-0.15, -0.1) is 0 Å². The van der Waals surface area contributed by atoms with E-state index in [-0.39, 0.29) is 23.4 Å². The van der Waals surface area contributed by atoms with Gasteiger partial charge in [0.05, 0.1) is 0 Å². The number of pyridine rings is 1. The van der Waals surface area contributed by atoms with Gasteiger partial charge in [-0.2, -0.15) is 0 Å². The Kier molecular flexibility index (Phi) is 2.50. The molecule has 4 nitrogen and oxygen atoms in total. The molecule has 1 aromatic rings. The average molecular weight is 232 g/mol. The molecule has 4 heteroatoms. The zero-order chi connectivity index (χ0) is 11.8. The Balaban J connectivity index is 1.70. The lowest BCUT2D eigenvalue weighted by Gasteiger charge is -2.20. The lowest BCUT2D eigenvalue weighted by Crippen LogP contribution is -2.27. The fourth-order valence-corrected chi connectivity index (χ4v) is 3.27. The topological polar surface area (TPSA) is 62.2 Å². The highest BCUT2D eigenvalue weighted by Gasteiger charge is 2.43. The third-order valence-electron chi connectivity index (χ3n) is 4.10. The molecular formula is C13H16N2O2. The van der Waals surface area contributed by atoms with Crippen LogP contribution in [0.3, 0.4) is 0 Å².